The third-order valence-corrected chi connectivity index (χ3v) is 4.29. The Labute approximate surface area is 107 Å². The summed E-state index contributed by atoms with van der Waals surface area (Å²) in [7, 11) is 0. The quantitative estimate of drug-likeness (QED) is 0.826. The average Bonchev–Trinajstić information content (AvgIpc) is 2.99. The summed E-state index contributed by atoms with van der Waals surface area (Å²) in [6.07, 6.45) is 1.18. The summed E-state index contributed by atoms with van der Waals surface area (Å²) in [5, 5.41) is 9.98. The Balaban J connectivity index is 1.91. The third kappa shape index (κ3) is 1.74. The van der Waals surface area contributed by atoms with Crippen molar-refractivity contribution in [2.24, 2.45) is 11.3 Å². The number of para-hydroxylation sites is 1. The van der Waals surface area contributed by atoms with Crippen molar-refractivity contribution in [3.8, 4) is 0 Å². The highest BCUT2D eigenvalue weighted by Crippen LogP contribution is 2.53. The fourth-order valence-electron chi connectivity index (χ4n) is 2.85. The summed E-state index contributed by atoms with van der Waals surface area (Å²) in [5.41, 5.74) is 1.93. The van der Waals surface area contributed by atoms with Gasteiger partial charge in [0.05, 0.1) is 6.10 Å². The zero-order valence-corrected chi connectivity index (χ0v) is 10.9. The highest BCUT2D eigenvalue weighted by Gasteiger charge is 2.52. The molecule has 0 bridgehead atoms. The molecule has 0 aromatic heterocycles. The lowest BCUT2D eigenvalue weighted by Crippen LogP contribution is -2.38. The summed E-state index contributed by atoms with van der Waals surface area (Å²) >= 11 is 0. The molecule has 2 unspecified atom stereocenters. The van der Waals surface area contributed by atoms with E-state index in [1.54, 1.807) is 0 Å². The van der Waals surface area contributed by atoms with Crippen LogP contribution >= 0.6 is 0 Å². The van der Waals surface area contributed by atoms with Crippen LogP contribution in [0.2, 0.25) is 0 Å². The maximum absolute atomic E-state index is 12.5. The minimum atomic E-state index is -0.433. The van der Waals surface area contributed by atoms with Crippen molar-refractivity contribution < 1.29 is 9.90 Å². The van der Waals surface area contributed by atoms with Crippen LogP contribution in [-0.4, -0.2) is 17.6 Å². The lowest BCUT2D eigenvalue weighted by Gasteiger charge is -2.32. The molecular weight excluding hydrogens is 226 g/mol. The van der Waals surface area contributed by atoms with Crippen LogP contribution < -0.4 is 4.90 Å². The van der Waals surface area contributed by atoms with Gasteiger partial charge in [-0.05, 0) is 24.3 Å². The number of aliphatic hydroxyl groups excluding tert-OH is 1. The van der Waals surface area contributed by atoms with Crippen LogP contribution in [-0.2, 0) is 4.79 Å². The minimum absolute atomic E-state index is 0.154. The second kappa shape index (κ2) is 3.82. The second-order valence-electron chi connectivity index (χ2n) is 6.10. The topological polar surface area (TPSA) is 40.5 Å². The maximum Gasteiger partial charge on any atom is 0.230 e. The van der Waals surface area contributed by atoms with E-state index in [2.05, 4.69) is 13.8 Å². The molecule has 0 radical (unpaired) electrons. The Morgan fingerprint density at radius 2 is 2.06 bits per heavy atom. The van der Waals surface area contributed by atoms with E-state index in [1.807, 2.05) is 29.2 Å². The summed E-state index contributed by atoms with van der Waals surface area (Å²) in [4.78, 5) is 14.4. The van der Waals surface area contributed by atoms with Crippen LogP contribution in [0.15, 0.2) is 24.3 Å². The van der Waals surface area contributed by atoms with E-state index in [1.165, 1.54) is 0 Å². The van der Waals surface area contributed by atoms with E-state index in [4.69, 9.17) is 0 Å². The predicted octanol–water partition coefficient (Wildman–Crippen LogP) is 2.50. The first-order chi connectivity index (χ1) is 8.50. The standard InChI is InChI=1S/C15H19NO2/c1-15(2)9-11(15)14(18)16-8-7-13(17)10-5-3-4-6-12(10)16/h3-6,11,13,17H,7-9H2,1-2H3. The summed E-state index contributed by atoms with van der Waals surface area (Å²) in [5.74, 6) is 0.375. The number of anilines is 1. The Bertz CT molecular complexity index is 495. The molecule has 1 aromatic rings. The molecular formula is C15H19NO2. The Morgan fingerprint density at radius 1 is 1.39 bits per heavy atom. The predicted molar refractivity (Wildman–Crippen MR) is 70.3 cm³/mol. The van der Waals surface area contributed by atoms with Gasteiger partial charge in [-0.1, -0.05) is 32.0 Å². The average molecular weight is 245 g/mol. The van der Waals surface area contributed by atoms with Crippen LogP contribution in [0.3, 0.4) is 0 Å². The van der Waals surface area contributed by atoms with Crippen molar-refractivity contribution in [3.63, 3.8) is 0 Å². The molecule has 3 rings (SSSR count). The smallest absolute Gasteiger partial charge is 0.230 e. The molecule has 1 aromatic carbocycles. The van der Waals surface area contributed by atoms with E-state index in [-0.39, 0.29) is 17.2 Å². The monoisotopic (exact) mass is 245 g/mol. The van der Waals surface area contributed by atoms with Gasteiger partial charge in [-0.25, -0.2) is 0 Å². The lowest BCUT2D eigenvalue weighted by atomic mass is 9.98. The van der Waals surface area contributed by atoms with Crippen molar-refractivity contribution in [2.75, 3.05) is 11.4 Å². The molecule has 1 aliphatic heterocycles. The zero-order valence-electron chi connectivity index (χ0n) is 10.9. The maximum atomic E-state index is 12.5. The molecule has 18 heavy (non-hydrogen) atoms. The highest BCUT2D eigenvalue weighted by atomic mass is 16.3. The number of hydrogen-bond acceptors (Lipinski definition) is 2. The van der Waals surface area contributed by atoms with Crippen molar-refractivity contribution >= 4 is 11.6 Å². The number of rotatable bonds is 1. The fourth-order valence-corrected chi connectivity index (χ4v) is 2.85. The molecule has 2 aliphatic rings. The number of nitrogens with zero attached hydrogens (tertiary/aromatic N) is 1. The molecule has 2 atom stereocenters. The van der Waals surface area contributed by atoms with E-state index in [9.17, 15) is 9.90 Å². The van der Waals surface area contributed by atoms with Gasteiger partial charge in [0.2, 0.25) is 5.91 Å². The van der Waals surface area contributed by atoms with Crippen LogP contribution in [0.5, 0.6) is 0 Å². The first-order valence-corrected chi connectivity index (χ1v) is 6.59. The van der Waals surface area contributed by atoms with Crippen molar-refractivity contribution in [1.29, 1.82) is 0 Å². The van der Waals surface area contributed by atoms with Crippen molar-refractivity contribution in [2.45, 2.75) is 32.8 Å². The fraction of sp³-hybridized carbons (Fsp3) is 0.533. The number of benzene rings is 1. The molecule has 0 saturated heterocycles. The molecule has 1 aliphatic carbocycles. The molecule has 1 amide bonds. The van der Waals surface area contributed by atoms with Crippen LogP contribution in [0.25, 0.3) is 0 Å². The lowest BCUT2D eigenvalue weighted by molar-refractivity contribution is -0.120. The molecule has 1 heterocycles. The first kappa shape index (κ1) is 11.7. The number of amides is 1. The molecule has 1 saturated carbocycles. The molecule has 3 heteroatoms. The number of hydrogen-bond donors (Lipinski definition) is 1. The SMILES string of the molecule is CC1(C)CC1C(=O)N1CCC(O)c2ccccc21. The molecule has 0 spiro atoms. The molecule has 3 nitrogen and oxygen atoms in total. The molecule has 1 N–H and O–H groups in total. The van der Waals surface area contributed by atoms with Gasteiger partial charge in [-0.2, -0.15) is 0 Å². The largest absolute Gasteiger partial charge is 0.388 e. The number of carbonyl (C=O) groups is 1. The summed E-state index contributed by atoms with van der Waals surface area (Å²) < 4.78 is 0. The van der Waals surface area contributed by atoms with Crippen molar-refractivity contribution in [1.82, 2.24) is 0 Å². The van der Waals surface area contributed by atoms with Gasteiger partial charge in [-0.15, -0.1) is 0 Å². The Morgan fingerprint density at radius 3 is 2.72 bits per heavy atom. The molecule has 96 valence electrons. The van der Waals surface area contributed by atoms with E-state index < -0.39 is 6.10 Å². The van der Waals surface area contributed by atoms with Gasteiger partial charge in [0.25, 0.3) is 0 Å². The van der Waals surface area contributed by atoms with E-state index in [0.29, 0.717) is 13.0 Å². The first-order valence-electron chi connectivity index (χ1n) is 6.59. The summed E-state index contributed by atoms with van der Waals surface area (Å²) in [6.45, 7) is 4.91. The summed E-state index contributed by atoms with van der Waals surface area (Å²) in [6, 6.07) is 7.69. The second-order valence-corrected chi connectivity index (χ2v) is 6.10. The van der Waals surface area contributed by atoms with Gasteiger partial charge in [-0.3, -0.25) is 4.79 Å². The van der Waals surface area contributed by atoms with Gasteiger partial charge in [0.15, 0.2) is 0 Å². The number of carbonyl (C=O) groups excluding carboxylic acids is 1. The highest BCUT2D eigenvalue weighted by molar-refractivity contribution is 5.98. The normalized spacial score (nSPS) is 28.7. The van der Waals surface area contributed by atoms with Gasteiger partial charge in [0.1, 0.15) is 0 Å². The van der Waals surface area contributed by atoms with Gasteiger partial charge in [0, 0.05) is 23.7 Å². The van der Waals surface area contributed by atoms with Crippen LogP contribution in [0, 0.1) is 11.3 Å². The number of fused-ring (bicyclic) bond motifs is 1. The Kier molecular flexibility index (Phi) is 2.49. The zero-order chi connectivity index (χ0) is 12.9. The van der Waals surface area contributed by atoms with E-state index >= 15 is 0 Å². The van der Waals surface area contributed by atoms with Crippen molar-refractivity contribution in [3.05, 3.63) is 29.8 Å². The van der Waals surface area contributed by atoms with Gasteiger partial charge < -0.3 is 10.0 Å². The van der Waals surface area contributed by atoms with Crippen LogP contribution in [0.4, 0.5) is 5.69 Å². The van der Waals surface area contributed by atoms with E-state index in [0.717, 1.165) is 17.7 Å². The van der Waals surface area contributed by atoms with Gasteiger partial charge >= 0.3 is 0 Å². The third-order valence-electron chi connectivity index (χ3n) is 4.29. The minimum Gasteiger partial charge on any atom is -0.388 e. The van der Waals surface area contributed by atoms with Crippen LogP contribution in [0.1, 0.15) is 38.4 Å². The Hall–Kier alpha value is -1.35. The molecule has 1 fully saturated rings. The number of aliphatic hydroxyl groups is 1.